The third kappa shape index (κ3) is 1.46. The summed E-state index contributed by atoms with van der Waals surface area (Å²) in [5.74, 6) is 0. The monoisotopic (exact) mass is 189 g/mol. The fourth-order valence-corrected chi connectivity index (χ4v) is 2.30. The van der Waals surface area contributed by atoms with Crippen LogP contribution in [0.3, 0.4) is 0 Å². The smallest absolute Gasteiger partial charge is 0.0301 e. The number of benzene rings is 1. The van der Waals surface area contributed by atoms with Crippen molar-refractivity contribution in [1.82, 2.24) is 5.32 Å². The van der Waals surface area contributed by atoms with Crippen LogP contribution >= 0.6 is 0 Å². The molecule has 0 amide bonds. The van der Waals surface area contributed by atoms with Crippen molar-refractivity contribution in [1.29, 1.82) is 0 Å². The Morgan fingerprint density at radius 1 is 1.29 bits per heavy atom. The van der Waals surface area contributed by atoms with Crippen molar-refractivity contribution in [2.24, 2.45) is 0 Å². The molecule has 0 saturated carbocycles. The van der Waals surface area contributed by atoms with E-state index in [1.807, 2.05) is 0 Å². The van der Waals surface area contributed by atoms with Crippen LogP contribution in [-0.2, 0) is 12.0 Å². The number of fused-ring (bicyclic) bond motifs is 1. The van der Waals surface area contributed by atoms with Crippen LogP contribution in [-0.4, -0.2) is 0 Å². The van der Waals surface area contributed by atoms with E-state index in [9.17, 15) is 0 Å². The summed E-state index contributed by atoms with van der Waals surface area (Å²) in [6.07, 6.45) is 0. The third-order valence-electron chi connectivity index (χ3n) is 3.04. The Morgan fingerprint density at radius 3 is 2.64 bits per heavy atom. The van der Waals surface area contributed by atoms with E-state index < -0.39 is 0 Å². The molecule has 0 bridgehead atoms. The zero-order valence-electron chi connectivity index (χ0n) is 9.52. The fourth-order valence-electron chi connectivity index (χ4n) is 2.30. The van der Waals surface area contributed by atoms with Crippen molar-refractivity contribution in [2.75, 3.05) is 0 Å². The lowest BCUT2D eigenvalue weighted by Crippen LogP contribution is -2.16. The van der Waals surface area contributed by atoms with E-state index in [0.717, 1.165) is 6.54 Å². The van der Waals surface area contributed by atoms with Gasteiger partial charge in [-0.15, -0.1) is 0 Å². The first-order valence-corrected chi connectivity index (χ1v) is 5.36. The molecule has 0 aliphatic carbocycles. The summed E-state index contributed by atoms with van der Waals surface area (Å²) in [4.78, 5) is 0. The molecule has 0 radical (unpaired) electrons. The van der Waals surface area contributed by atoms with Gasteiger partial charge in [0.05, 0.1) is 0 Å². The van der Waals surface area contributed by atoms with Crippen LogP contribution in [0.15, 0.2) is 18.2 Å². The van der Waals surface area contributed by atoms with Gasteiger partial charge in [0.2, 0.25) is 0 Å². The first-order valence-electron chi connectivity index (χ1n) is 5.36. The molecule has 2 rings (SSSR count). The fraction of sp³-hybridized carbons (Fsp3) is 0.538. The lowest BCUT2D eigenvalue weighted by atomic mass is 9.81. The van der Waals surface area contributed by atoms with Crippen LogP contribution in [0.5, 0.6) is 0 Å². The Labute approximate surface area is 86.5 Å². The van der Waals surface area contributed by atoms with Crippen molar-refractivity contribution < 1.29 is 0 Å². The van der Waals surface area contributed by atoms with Crippen molar-refractivity contribution in [3.05, 3.63) is 34.9 Å². The van der Waals surface area contributed by atoms with Crippen LogP contribution in [0, 0.1) is 0 Å². The number of hydrogen-bond donors (Lipinski definition) is 1. The maximum absolute atomic E-state index is 3.50. The molecule has 0 spiro atoms. The summed E-state index contributed by atoms with van der Waals surface area (Å²) in [5, 5.41) is 3.50. The topological polar surface area (TPSA) is 12.0 Å². The summed E-state index contributed by atoms with van der Waals surface area (Å²) in [5.41, 5.74) is 4.75. The molecule has 1 aliphatic heterocycles. The summed E-state index contributed by atoms with van der Waals surface area (Å²) in [6, 6.07) is 7.20. The largest absolute Gasteiger partial charge is 0.306 e. The number of rotatable bonds is 0. The minimum absolute atomic E-state index is 0.256. The molecular formula is C13H19N. The summed E-state index contributed by atoms with van der Waals surface area (Å²) in [7, 11) is 0. The Bertz CT molecular complexity index is 347. The molecule has 1 atom stereocenters. The van der Waals surface area contributed by atoms with Gasteiger partial charge >= 0.3 is 0 Å². The summed E-state index contributed by atoms with van der Waals surface area (Å²) < 4.78 is 0. The molecule has 1 N–H and O–H groups in total. The van der Waals surface area contributed by atoms with Crippen LogP contribution < -0.4 is 5.32 Å². The minimum atomic E-state index is 0.256. The first kappa shape index (κ1) is 9.72. The number of nitrogens with one attached hydrogen (secondary N) is 1. The van der Waals surface area contributed by atoms with E-state index in [2.05, 4.69) is 51.2 Å². The van der Waals surface area contributed by atoms with Crippen molar-refractivity contribution >= 4 is 0 Å². The molecule has 1 heterocycles. The second kappa shape index (κ2) is 3.09. The van der Waals surface area contributed by atoms with Gasteiger partial charge in [-0.05, 0) is 29.0 Å². The van der Waals surface area contributed by atoms with Crippen molar-refractivity contribution in [3.63, 3.8) is 0 Å². The van der Waals surface area contributed by atoms with Gasteiger partial charge in [0.15, 0.2) is 0 Å². The average Bonchev–Trinajstić information content (AvgIpc) is 2.46. The predicted octanol–water partition coefficient (Wildman–Crippen LogP) is 3.15. The molecule has 14 heavy (non-hydrogen) atoms. The maximum Gasteiger partial charge on any atom is 0.0301 e. The van der Waals surface area contributed by atoms with Gasteiger partial charge in [-0.3, -0.25) is 0 Å². The molecule has 1 nitrogen and oxygen atoms in total. The van der Waals surface area contributed by atoms with Gasteiger partial charge in [0, 0.05) is 12.6 Å². The van der Waals surface area contributed by atoms with E-state index in [0.29, 0.717) is 6.04 Å². The molecular weight excluding hydrogens is 170 g/mol. The lowest BCUT2D eigenvalue weighted by molar-refractivity contribution is 0.564. The highest BCUT2D eigenvalue weighted by atomic mass is 14.9. The maximum atomic E-state index is 3.50. The molecule has 0 unspecified atom stereocenters. The van der Waals surface area contributed by atoms with Gasteiger partial charge in [-0.25, -0.2) is 0 Å². The van der Waals surface area contributed by atoms with Crippen LogP contribution in [0.4, 0.5) is 0 Å². The molecule has 1 aliphatic rings. The summed E-state index contributed by atoms with van der Waals surface area (Å²) >= 11 is 0. The molecule has 76 valence electrons. The normalized spacial score (nSPS) is 21.0. The zero-order chi connectivity index (χ0) is 10.3. The van der Waals surface area contributed by atoms with Gasteiger partial charge in [0.1, 0.15) is 0 Å². The Morgan fingerprint density at radius 2 is 2.00 bits per heavy atom. The highest BCUT2D eigenvalue weighted by Gasteiger charge is 2.26. The second-order valence-electron chi connectivity index (χ2n) is 5.23. The van der Waals surface area contributed by atoms with E-state index in [1.54, 1.807) is 0 Å². The highest BCUT2D eigenvalue weighted by molar-refractivity contribution is 5.43. The van der Waals surface area contributed by atoms with Gasteiger partial charge in [-0.1, -0.05) is 39.0 Å². The standard InChI is InChI=1S/C13H19N/c1-9-12-10(8-14-9)6-5-7-11(12)13(2,3)4/h5-7,9,14H,8H2,1-4H3/t9-/m1/s1. The Balaban J connectivity index is 2.58. The molecule has 1 aromatic carbocycles. The van der Waals surface area contributed by atoms with Gasteiger partial charge in [0.25, 0.3) is 0 Å². The van der Waals surface area contributed by atoms with Crippen molar-refractivity contribution in [2.45, 2.75) is 45.7 Å². The van der Waals surface area contributed by atoms with Crippen molar-refractivity contribution in [3.8, 4) is 0 Å². The molecule has 1 heteroatoms. The second-order valence-corrected chi connectivity index (χ2v) is 5.23. The minimum Gasteiger partial charge on any atom is -0.306 e. The van der Waals surface area contributed by atoms with E-state index in [-0.39, 0.29) is 5.41 Å². The van der Waals surface area contributed by atoms with Gasteiger partial charge < -0.3 is 5.32 Å². The van der Waals surface area contributed by atoms with E-state index in [1.165, 1.54) is 16.7 Å². The molecule has 0 fully saturated rings. The summed E-state index contributed by atoms with van der Waals surface area (Å²) in [6.45, 7) is 10.1. The Kier molecular flexibility index (Phi) is 2.15. The first-order chi connectivity index (χ1) is 6.50. The lowest BCUT2D eigenvalue weighted by Gasteiger charge is -2.24. The van der Waals surface area contributed by atoms with E-state index in [4.69, 9.17) is 0 Å². The number of hydrogen-bond acceptors (Lipinski definition) is 1. The SMILES string of the molecule is C[C@H]1NCc2cccc(C(C)(C)C)c21. The van der Waals surface area contributed by atoms with E-state index >= 15 is 0 Å². The molecule has 0 aromatic heterocycles. The molecule has 1 aromatic rings. The van der Waals surface area contributed by atoms with Crippen LogP contribution in [0.1, 0.15) is 50.4 Å². The third-order valence-corrected chi connectivity index (χ3v) is 3.04. The van der Waals surface area contributed by atoms with Crippen LogP contribution in [0.25, 0.3) is 0 Å². The molecule has 0 saturated heterocycles. The van der Waals surface area contributed by atoms with Crippen LogP contribution in [0.2, 0.25) is 0 Å². The quantitative estimate of drug-likeness (QED) is 0.661. The Hall–Kier alpha value is -0.820. The average molecular weight is 189 g/mol. The van der Waals surface area contributed by atoms with Gasteiger partial charge in [-0.2, -0.15) is 0 Å². The zero-order valence-corrected chi connectivity index (χ0v) is 9.52. The highest BCUT2D eigenvalue weighted by Crippen LogP contribution is 2.35. The predicted molar refractivity (Wildman–Crippen MR) is 60.4 cm³/mol.